The maximum absolute atomic E-state index is 12.3. The van der Waals surface area contributed by atoms with Crippen molar-refractivity contribution in [3.05, 3.63) is 62.6 Å². The van der Waals surface area contributed by atoms with Crippen LogP contribution < -0.4 is 5.32 Å². The molecule has 0 bridgehead atoms. The van der Waals surface area contributed by atoms with Crippen molar-refractivity contribution in [1.29, 1.82) is 0 Å². The second-order valence-corrected chi connectivity index (χ2v) is 8.51. The van der Waals surface area contributed by atoms with Crippen molar-refractivity contribution in [3.63, 3.8) is 0 Å². The van der Waals surface area contributed by atoms with E-state index >= 15 is 0 Å². The highest BCUT2D eigenvalue weighted by Crippen LogP contribution is 2.21. The largest absolute Gasteiger partial charge is 0.348 e. The van der Waals surface area contributed by atoms with E-state index < -0.39 is 9.84 Å². The van der Waals surface area contributed by atoms with Crippen molar-refractivity contribution < 1.29 is 13.2 Å². The lowest BCUT2D eigenvalue weighted by atomic mass is 10.1. The number of carbonyl (C=O) groups excluding carboxylic acids is 1. The summed E-state index contributed by atoms with van der Waals surface area (Å²) in [6, 6.07) is 9.90. The minimum Gasteiger partial charge on any atom is -0.348 e. The first-order valence-electron chi connectivity index (χ1n) is 6.71. The van der Waals surface area contributed by atoms with Gasteiger partial charge < -0.3 is 5.32 Å². The van der Waals surface area contributed by atoms with E-state index in [4.69, 9.17) is 11.6 Å². The minimum atomic E-state index is -3.36. The number of amides is 1. The number of rotatable bonds is 4. The zero-order valence-electron chi connectivity index (χ0n) is 12.6. The van der Waals surface area contributed by atoms with E-state index in [0.29, 0.717) is 16.1 Å². The average molecular weight is 417 g/mol. The van der Waals surface area contributed by atoms with Crippen molar-refractivity contribution in [2.45, 2.75) is 18.4 Å². The van der Waals surface area contributed by atoms with Crippen LogP contribution in [0, 0.1) is 6.92 Å². The number of sulfone groups is 1. The van der Waals surface area contributed by atoms with Crippen LogP contribution in [0.1, 0.15) is 21.5 Å². The van der Waals surface area contributed by atoms with Gasteiger partial charge >= 0.3 is 0 Å². The summed E-state index contributed by atoms with van der Waals surface area (Å²) < 4.78 is 24.1. The molecule has 0 fully saturated rings. The molecule has 0 radical (unpaired) electrons. The molecule has 0 saturated carbocycles. The van der Waals surface area contributed by atoms with Gasteiger partial charge in [0.05, 0.1) is 4.90 Å². The molecule has 0 atom stereocenters. The van der Waals surface area contributed by atoms with E-state index in [2.05, 4.69) is 21.2 Å². The molecule has 4 nitrogen and oxygen atoms in total. The number of benzene rings is 2. The van der Waals surface area contributed by atoms with Gasteiger partial charge in [-0.1, -0.05) is 39.7 Å². The van der Waals surface area contributed by atoms with Crippen LogP contribution in [-0.2, 0) is 16.4 Å². The van der Waals surface area contributed by atoms with E-state index in [1.54, 1.807) is 19.1 Å². The molecule has 0 unspecified atom stereocenters. The first kappa shape index (κ1) is 18.0. The summed E-state index contributed by atoms with van der Waals surface area (Å²) in [5.41, 5.74) is 1.82. The van der Waals surface area contributed by atoms with Gasteiger partial charge in [0.25, 0.3) is 5.91 Å². The Bertz CT molecular complexity index is 866. The Morgan fingerprint density at radius 1 is 1.22 bits per heavy atom. The van der Waals surface area contributed by atoms with E-state index in [-0.39, 0.29) is 17.3 Å². The normalized spacial score (nSPS) is 11.3. The summed E-state index contributed by atoms with van der Waals surface area (Å²) in [4.78, 5) is 12.5. The van der Waals surface area contributed by atoms with Crippen molar-refractivity contribution >= 4 is 43.3 Å². The van der Waals surface area contributed by atoms with Crippen molar-refractivity contribution in [1.82, 2.24) is 5.32 Å². The highest BCUT2D eigenvalue weighted by Gasteiger charge is 2.14. The van der Waals surface area contributed by atoms with Gasteiger partial charge in [-0.25, -0.2) is 8.42 Å². The summed E-state index contributed by atoms with van der Waals surface area (Å²) in [7, 11) is -3.36. The summed E-state index contributed by atoms with van der Waals surface area (Å²) in [5.74, 6) is -0.341. The topological polar surface area (TPSA) is 63.2 Å². The minimum absolute atomic E-state index is 0.120. The molecule has 0 spiro atoms. The van der Waals surface area contributed by atoms with E-state index in [1.807, 2.05) is 12.1 Å². The van der Waals surface area contributed by atoms with Crippen molar-refractivity contribution in [2.75, 3.05) is 6.26 Å². The van der Waals surface area contributed by atoms with Crippen LogP contribution in [0.25, 0.3) is 0 Å². The van der Waals surface area contributed by atoms with Crippen LogP contribution in [0.15, 0.2) is 45.8 Å². The summed E-state index contributed by atoms with van der Waals surface area (Å²) in [5, 5.41) is 3.30. The summed E-state index contributed by atoms with van der Waals surface area (Å²) >= 11 is 9.44. The Balaban J connectivity index is 2.21. The van der Waals surface area contributed by atoms with Gasteiger partial charge in [0.2, 0.25) is 0 Å². The second-order valence-electron chi connectivity index (χ2n) is 5.17. The molecule has 2 rings (SSSR count). The van der Waals surface area contributed by atoms with E-state index in [9.17, 15) is 13.2 Å². The fourth-order valence-electron chi connectivity index (χ4n) is 2.01. The van der Waals surface area contributed by atoms with Crippen LogP contribution in [0.2, 0.25) is 5.02 Å². The lowest BCUT2D eigenvalue weighted by Crippen LogP contribution is -2.24. The fraction of sp³-hybridized carbons (Fsp3) is 0.188. The molecule has 0 saturated heterocycles. The predicted molar refractivity (Wildman–Crippen MR) is 94.6 cm³/mol. The molecule has 0 aromatic heterocycles. The number of hydrogen-bond acceptors (Lipinski definition) is 3. The maximum atomic E-state index is 12.3. The number of aryl methyl sites for hydroxylation is 1. The molecule has 0 aliphatic heterocycles. The van der Waals surface area contributed by atoms with Crippen LogP contribution in [-0.4, -0.2) is 20.6 Å². The van der Waals surface area contributed by atoms with Crippen molar-refractivity contribution in [3.8, 4) is 0 Å². The Morgan fingerprint density at radius 2 is 1.91 bits per heavy atom. The molecule has 1 N–H and O–H groups in total. The SMILES string of the molecule is Cc1ccc(S(C)(=O)=O)cc1C(=O)NCc1ccc(Br)cc1Cl. The van der Waals surface area contributed by atoms with Gasteiger partial charge in [0, 0.05) is 27.9 Å². The fourth-order valence-corrected chi connectivity index (χ4v) is 3.40. The molecule has 23 heavy (non-hydrogen) atoms. The Hall–Kier alpha value is -1.37. The molecule has 2 aromatic rings. The molecule has 122 valence electrons. The molecule has 0 aliphatic carbocycles. The molecule has 0 heterocycles. The zero-order chi connectivity index (χ0) is 17.2. The Labute approximate surface area is 148 Å². The van der Waals surface area contributed by atoms with Gasteiger partial charge in [0.1, 0.15) is 0 Å². The molecule has 2 aromatic carbocycles. The molecular weight excluding hydrogens is 402 g/mol. The highest BCUT2D eigenvalue weighted by molar-refractivity contribution is 9.10. The van der Waals surface area contributed by atoms with E-state index in [1.165, 1.54) is 12.1 Å². The highest BCUT2D eigenvalue weighted by atomic mass is 79.9. The lowest BCUT2D eigenvalue weighted by Gasteiger charge is -2.10. The standard InChI is InChI=1S/C16H15BrClNO3S/c1-10-3-6-13(23(2,21)22)8-14(10)16(20)19-9-11-4-5-12(17)7-15(11)18/h3-8H,9H2,1-2H3,(H,19,20). The predicted octanol–water partition coefficient (Wildman–Crippen LogP) is 3.74. The lowest BCUT2D eigenvalue weighted by molar-refractivity contribution is 0.0950. The van der Waals surface area contributed by atoms with Gasteiger partial charge in [-0.05, 0) is 42.3 Å². The molecule has 0 aliphatic rings. The second kappa shape index (κ2) is 7.03. The Kier molecular flexibility index (Phi) is 5.49. The number of halogens is 2. The smallest absolute Gasteiger partial charge is 0.251 e. The van der Waals surface area contributed by atoms with Crippen LogP contribution in [0.4, 0.5) is 0 Å². The van der Waals surface area contributed by atoms with Crippen LogP contribution in [0.3, 0.4) is 0 Å². The van der Waals surface area contributed by atoms with Gasteiger partial charge in [-0.3, -0.25) is 4.79 Å². The summed E-state index contributed by atoms with van der Waals surface area (Å²) in [6.07, 6.45) is 1.11. The first-order valence-corrected chi connectivity index (χ1v) is 9.77. The van der Waals surface area contributed by atoms with Gasteiger partial charge in [-0.15, -0.1) is 0 Å². The molecule has 7 heteroatoms. The monoisotopic (exact) mass is 415 g/mol. The van der Waals surface area contributed by atoms with Crippen LogP contribution >= 0.6 is 27.5 Å². The third kappa shape index (κ3) is 4.56. The maximum Gasteiger partial charge on any atom is 0.251 e. The quantitative estimate of drug-likeness (QED) is 0.826. The van der Waals surface area contributed by atoms with Gasteiger partial charge in [0.15, 0.2) is 9.84 Å². The molecule has 1 amide bonds. The molecular formula is C16H15BrClNO3S. The number of nitrogens with one attached hydrogen (secondary N) is 1. The first-order chi connectivity index (χ1) is 10.7. The third-order valence-electron chi connectivity index (χ3n) is 3.34. The summed E-state index contributed by atoms with van der Waals surface area (Å²) in [6.45, 7) is 2.01. The third-order valence-corrected chi connectivity index (χ3v) is 5.29. The Morgan fingerprint density at radius 3 is 2.52 bits per heavy atom. The van der Waals surface area contributed by atoms with E-state index in [0.717, 1.165) is 16.3 Å². The average Bonchev–Trinajstić information content (AvgIpc) is 2.45. The van der Waals surface area contributed by atoms with Gasteiger partial charge in [-0.2, -0.15) is 0 Å². The van der Waals surface area contributed by atoms with Crippen LogP contribution in [0.5, 0.6) is 0 Å². The van der Waals surface area contributed by atoms with Crippen molar-refractivity contribution in [2.24, 2.45) is 0 Å². The zero-order valence-corrected chi connectivity index (χ0v) is 15.7. The number of hydrogen-bond donors (Lipinski definition) is 1. The number of carbonyl (C=O) groups is 1.